The molecule has 3 rings (SSSR count). The van der Waals surface area contributed by atoms with Crippen LogP contribution in [0.15, 0.2) is 6.07 Å². The van der Waals surface area contributed by atoms with Gasteiger partial charge in [-0.1, -0.05) is 12.8 Å². The maximum atomic E-state index is 12.8. The summed E-state index contributed by atoms with van der Waals surface area (Å²) in [6.07, 6.45) is 8.08. The van der Waals surface area contributed by atoms with Gasteiger partial charge in [-0.2, -0.15) is 0 Å². The second-order valence-electron chi connectivity index (χ2n) is 8.66. The molecule has 2 aliphatic rings. The van der Waals surface area contributed by atoms with Gasteiger partial charge in [0.05, 0.1) is 18.0 Å². The third kappa shape index (κ3) is 5.33. The van der Waals surface area contributed by atoms with Crippen LogP contribution in [0.5, 0.6) is 0 Å². The molecule has 1 aromatic heterocycles. The van der Waals surface area contributed by atoms with Gasteiger partial charge in [0, 0.05) is 4.88 Å². The minimum Gasteiger partial charge on any atom is -0.458 e. The molecule has 28 heavy (non-hydrogen) atoms. The Balaban J connectivity index is 1.68. The van der Waals surface area contributed by atoms with Crippen LogP contribution >= 0.6 is 11.3 Å². The van der Waals surface area contributed by atoms with Gasteiger partial charge in [0.15, 0.2) is 0 Å². The summed E-state index contributed by atoms with van der Waals surface area (Å²) < 4.78 is 5.52. The molecule has 0 radical (unpaired) electrons. The predicted molar refractivity (Wildman–Crippen MR) is 107 cm³/mol. The maximum Gasteiger partial charge on any atom is 0.344 e. The number of thiophene rings is 1. The molecular weight excluding hydrogens is 378 g/mol. The molecule has 0 saturated carbocycles. The molecule has 1 aromatic rings. The summed E-state index contributed by atoms with van der Waals surface area (Å²) in [6, 6.07) is 2.01. The van der Waals surface area contributed by atoms with Crippen LogP contribution in [0.1, 0.15) is 79.4 Å². The summed E-state index contributed by atoms with van der Waals surface area (Å²) in [5, 5.41) is 2.88. The second-order valence-corrected chi connectivity index (χ2v) is 9.80. The van der Waals surface area contributed by atoms with Gasteiger partial charge in [-0.05, 0) is 70.9 Å². The van der Waals surface area contributed by atoms with E-state index in [1.165, 1.54) is 36.1 Å². The van der Waals surface area contributed by atoms with Crippen molar-refractivity contribution in [3.8, 4) is 0 Å². The first kappa shape index (κ1) is 21.3. The number of hydrogen-bond donors (Lipinski definition) is 1. The van der Waals surface area contributed by atoms with Crippen molar-refractivity contribution in [3.05, 3.63) is 21.4 Å². The minimum atomic E-state index is -1.30. The quantitative estimate of drug-likeness (QED) is 0.602. The summed E-state index contributed by atoms with van der Waals surface area (Å²) in [7, 11) is 0. The topological polar surface area (TPSA) is 73.9 Å². The molecule has 1 N–H and O–H groups in total. The first-order chi connectivity index (χ1) is 13.3. The van der Waals surface area contributed by atoms with Gasteiger partial charge >= 0.3 is 5.97 Å². The number of amides is 1. The van der Waals surface area contributed by atoms with E-state index in [9.17, 15) is 9.59 Å². The summed E-state index contributed by atoms with van der Waals surface area (Å²) in [5.74, 6) is -0.674. The summed E-state index contributed by atoms with van der Waals surface area (Å²) in [4.78, 5) is 38.0. The average Bonchev–Trinajstić information content (AvgIpc) is 3.01. The van der Waals surface area contributed by atoms with E-state index in [1.807, 2.05) is 26.8 Å². The molecule has 1 fully saturated rings. The van der Waals surface area contributed by atoms with E-state index in [4.69, 9.17) is 14.5 Å². The zero-order valence-electron chi connectivity index (χ0n) is 17.1. The fraction of sp³-hybridized carbons (Fsp3) is 0.714. The fourth-order valence-electron chi connectivity index (χ4n) is 3.58. The lowest BCUT2D eigenvalue weighted by Gasteiger charge is -2.35. The van der Waals surface area contributed by atoms with Gasteiger partial charge in [0.2, 0.25) is 5.60 Å². The highest BCUT2D eigenvalue weighted by atomic mass is 32.1. The SMILES string of the molecule is CC(C)(C)OC(=O)C1(CNC(=O)c2cc3c(s2)CCCCCC3)CCCOO1. The normalized spacial score (nSPS) is 23.2. The summed E-state index contributed by atoms with van der Waals surface area (Å²) in [5.41, 5.74) is -0.639. The van der Waals surface area contributed by atoms with Crippen LogP contribution in [0.25, 0.3) is 0 Å². The van der Waals surface area contributed by atoms with Crippen LogP contribution in [0.3, 0.4) is 0 Å². The number of rotatable bonds is 4. The monoisotopic (exact) mass is 409 g/mol. The Morgan fingerprint density at radius 3 is 2.61 bits per heavy atom. The number of hydrogen-bond acceptors (Lipinski definition) is 6. The Bertz CT molecular complexity index is 675. The lowest BCUT2D eigenvalue weighted by molar-refractivity contribution is -0.375. The van der Waals surface area contributed by atoms with Crippen molar-refractivity contribution in [2.45, 2.75) is 83.3 Å². The minimum absolute atomic E-state index is 0.0311. The Hall–Kier alpha value is -1.44. The van der Waals surface area contributed by atoms with Crippen molar-refractivity contribution in [2.24, 2.45) is 0 Å². The molecule has 0 bridgehead atoms. The molecule has 1 saturated heterocycles. The van der Waals surface area contributed by atoms with Crippen molar-refractivity contribution in [1.29, 1.82) is 0 Å². The molecule has 1 atom stereocenters. The molecule has 0 spiro atoms. The highest BCUT2D eigenvalue weighted by Gasteiger charge is 2.46. The highest BCUT2D eigenvalue weighted by Crippen LogP contribution is 2.30. The third-order valence-electron chi connectivity index (χ3n) is 5.05. The van der Waals surface area contributed by atoms with Crippen molar-refractivity contribution in [3.63, 3.8) is 0 Å². The van der Waals surface area contributed by atoms with Crippen LogP contribution in [-0.4, -0.2) is 36.2 Å². The molecule has 7 heteroatoms. The maximum absolute atomic E-state index is 12.8. The Labute approximate surface area is 170 Å². The largest absolute Gasteiger partial charge is 0.458 e. The number of fused-ring (bicyclic) bond motifs is 1. The molecule has 1 aliphatic carbocycles. The first-order valence-electron chi connectivity index (χ1n) is 10.2. The highest BCUT2D eigenvalue weighted by molar-refractivity contribution is 7.14. The van der Waals surface area contributed by atoms with Crippen molar-refractivity contribution < 1.29 is 24.1 Å². The smallest absolute Gasteiger partial charge is 0.344 e. The van der Waals surface area contributed by atoms with Gasteiger partial charge < -0.3 is 10.1 Å². The van der Waals surface area contributed by atoms with Crippen LogP contribution in [0, 0.1) is 0 Å². The van der Waals surface area contributed by atoms with E-state index < -0.39 is 17.2 Å². The van der Waals surface area contributed by atoms with E-state index in [-0.39, 0.29) is 12.5 Å². The Kier molecular flexibility index (Phi) is 6.78. The van der Waals surface area contributed by atoms with Crippen LogP contribution in [0.4, 0.5) is 0 Å². The fourth-order valence-corrected chi connectivity index (χ4v) is 4.75. The van der Waals surface area contributed by atoms with Crippen molar-refractivity contribution >= 4 is 23.2 Å². The molecule has 2 heterocycles. The number of ether oxygens (including phenoxy) is 1. The zero-order valence-corrected chi connectivity index (χ0v) is 17.9. The molecular formula is C21H31NO5S. The molecule has 1 unspecified atom stereocenters. The molecule has 1 aliphatic heterocycles. The van der Waals surface area contributed by atoms with Gasteiger partial charge in [-0.25, -0.2) is 14.6 Å². The average molecular weight is 410 g/mol. The molecule has 6 nitrogen and oxygen atoms in total. The van der Waals surface area contributed by atoms with Crippen molar-refractivity contribution in [2.75, 3.05) is 13.2 Å². The molecule has 156 valence electrons. The zero-order chi connectivity index (χ0) is 20.2. The number of carbonyl (C=O) groups is 2. The van der Waals surface area contributed by atoms with E-state index in [1.54, 1.807) is 11.3 Å². The lowest BCUT2D eigenvalue weighted by atomic mass is 9.96. The first-order valence-corrected chi connectivity index (χ1v) is 11.0. The van der Waals surface area contributed by atoms with E-state index in [2.05, 4.69) is 5.32 Å². The Morgan fingerprint density at radius 1 is 1.18 bits per heavy atom. The predicted octanol–water partition coefficient (Wildman–Crippen LogP) is 3.96. The number of nitrogens with one attached hydrogen (secondary N) is 1. The van der Waals surface area contributed by atoms with Crippen LogP contribution in [-0.2, 0) is 32.1 Å². The molecule has 0 aromatic carbocycles. The standard InChI is InChI=1S/C21H31NO5S/c1-20(2,3)26-19(24)21(11-8-12-25-27-21)14-22-18(23)17-13-15-9-6-4-5-7-10-16(15)28-17/h13H,4-12,14H2,1-3H3,(H,22,23). The summed E-state index contributed by atoms with van der Waals surface area (Å²) >= 11 is 1.57. The van der Waals surface area contributed by atoms with Crippen LogP contribution < -0.4 is 5.32 Å². The summed E-state index contributed by atoms with van der Waals surface area (Å²) in [6.45, 7) is 5.88. The van der Waals surface area contributed by atoms with Gasteiger partial charge in [-0.3, -0.25) is 4.79 Å². The van der Waals surface area contributed by atoms with Gasteiger partial charge in [0.25, 0.3) is 5.91 Å². The van der Waals surface area contributed by atoms with Crippen LogP contribution in [0.2, 0.25) is 0 Å². The van der Waals surface area contributed by atoms with Gasteiger partial charge in [-0.15, -0.1) is 11.3 Å². The van der Waals surface area contributed by atoms with Gasteiger partial charge in [0.1, 0.15) is 5.60 Å². The van der Waals surface area contributed by atoms with E-state index >= 15 is 0 Å². The van der Waals surface area contributed by atoms with E-state index in [0.717, 1.165) is 12.8 Å². The third-order valence-corrected chi connectivity index (χ3v) is 6.29. The number of carbonyl (C=O) groups excluding carboxylic acids is 2. The lowest BCUT2D eigenvalue weighted by Crippen LogP contribution is -2.55. The number of esters is 1. The number of aryl methyl sites for hydroxylation is 2. The second kappa shape index (κ2) is 8.93. The van der Waals surface area contributed by atoms with Crippen molar-refractivity contribution in [1.82, 2.24) is 5.32 Å². The molecule has 1 amide bonds. The van der Waals surface area contributed by atoms with E-state index in [0.29, 0.717) is 24.3 Å². The Morgan fingerprint density at radius 2 is 1.93 bits per heavy atom.